The number of halogens is 2. The second-order valence-electron chi connectivity index (χ2n) is 5.36. The summed E-state index contributed by atoms with van der Waals surface area (Å²) >= 11 is 5.99. The monoisotopic (exact) mass is 462 g/mol. The van der Waals surface area contributed by atoms with Crippen LogP contribution in [0.3, 0.4) is 0 Å². The number of aryl methyl sites for hydroxylation is 2. The molecule has 0 fully saturated rings. The molecule has 2 N–H and O–H groups in total. The molecule has 0 aliphatic heterocycles. The largest absolute Gasteiger partial charge is 0.361 e. The van der Waals surface area contributed by atoms with Gasteiger partial charge in [0.25, 0.3) is 0 Å². The van der Waals surface area contributed by atoms with E-state index in [0.717, 1.165) is 53.9 Å². The number of benzene rings is 1. The maximum Gasteiger partial charge on any atom is 0.190 e. The van der Waals surface area contributed by atoms with Crippen LogP contribution in [0.1, 0.15) is 22.6 Å². The highest BCUT2D eigenvalue weighted by Crippen LogP contribution is 2.12. The predicted octanol–water partition coefficient (Wildman–Crippen LogP) is 3.51. The molecule has 7 heteroatoms. The Labute approximate surface area is 165 Å². The number of aliphatic imine (C=N–C) groups is 1. The zero-order valence-electron chi connectivity index (χ0n) is 14.2. The van der Waals surface area contributed by atoms with Crippen molar-refractivity contribution in [3.05, 3.63) is 51.9 Å². The van der Waals surface area contributed by atoms with Gasteiger partial charge in [0.1, 0.15) is 5.76 Å². The van der Waals surface area contributed by atoms with Crippen molar-refractivity contribution in [2.45, 2.75) is 26.7 Å². The van der Waals surface area contributed by atoms with Crippen molar-refractivity contribution in [3.63, 3.8) is 0 Å². The average Bonchev–Trinajstić information content (AvgIpc) is 2.85. The number of aromatic nitrogens is 1. The second kappa shape index (κ2) is 10.6. The molecule has 0 saturated carbocycles. The standard InChI is InChI=1S/C17H23ClN4O.HI/c1-12-16(13(2)23-22-12)8-10-21-17(19-3)20-9-7-14-5-4-6-15(18)11-14;/h4-6,11H,7-10H2,1-3H3,(H2,19,20,21);1H. The van der Waals surface area contributed by atoms with Crippen molar-refractivity contribution in [2.75, 3.05) is 20.1 Å². The zero-order valence-corrected chi connectivity index (χ0v) is 17.3. The quantitative estimate of drug-likeness (QED) is 0.392. The van der Waals surface area contributed by atoms with Crippen LogP contribution >= 0.6 is 35.6 Å². The minimum Gasteiger partial charge on any atom is -0.361 e. The van der Waals surface area contributed by atoms with E-state index >= 15 is 0 Å². The van der Waals surface area contributed by atoms with E-state index in [2.05, 4.69) is 26.8 Å². The minimum atomic E-state index is 0. The molecule has 0 aliphatic carbocycles. The Morgan fingerprint density at radius 1 is 1.21 bits per heavy atom. The predicted molar refractivity (Wildman–Crippen MR) is 110 cm³/mol. The maximum atomic E-state index is 5.99. The molecule has 24 heavy (non-hydrogen) atoms. The van der Waals surface area contributed by atoms with E-state index in [0.29, 0.717) is 0 Å². The van der Waals surface area contributed by atoms with E-state index in [1.807, 2.05) is 32.0 Å². The van der Waals surface area contributed by atoms with Crippen LogP contribution in [0, 0.1) is 13.8 Å². The molecule has 5 nitrogen and oxygen atoms in total. The topological polar surface area (TPSA) is 62.5 Å². The molecule has 0 saturated heterocycles. The van der Waals surface area contributed by atoms with Gasteiger partial charge in [-0.2, -0.15) is 0 Å². The number of rotatable bonds is 6. The van der Waals surface area contributed by atoms with Gasteiger partial charge in [-0.15, -0.1) is 24.0 Å². The van der Waals surface area contributed by atoms with Crippen molar-refractivity contribution < 1.29 is 4.52 Å². The Kier molecular flexibility index (Phi) is 9.13. The Morgan fingerprint density at radius 3 is 2.50 bits per heavy atom. The number of hydrogen-bond donors (Lipinski definition) is 2. The third-order valence-electron chi connectivity index (χ3n) is 3.67. The molecule has 2 rings (SSSR count). The van der Waals surface area contributed by atoms with Crippen molar-refractivity contribution in [2.24, 2.45) is 4.99 Å². The number of guanidine groups is 1. The highest BCUT2D eigenvalue weighted by molar-refractivity contribution is 14.0. The third kappa shape index (κ3) is 6.32. The Bertz CT molecular complexity index is 653. The maximum absolute atomic E-state index is 5.99. The van der Waals surface area contributed by atoms with E-state index < -0.39 is 0 Å². The van der Waals surface area contributed by atoms with Crippen LogP contribution in [-0.2, 0) is 12.8 Å². The van der Waals surface area contributed by atoms with Crippen LogP contribution in [0.25, 0.3) is 0 Å². The summed E-state index contributed by atoms with van der Waals surface area (Å²) < 4.78 is 5.17. The molecule has 0 bridgehead atoms. The van der Waals surface area contributed by atoms with Crippen LogP contribution in [0.4, 0.5) is 0 Å². The van der Waals surface area contributed by atoms with Gasteiger partial charge in [-0.25, -0.2) is 0 Å². The lowest BCUT2D eigenvalue weighted by Crippen LogP contribution is -2.39. The van der Waals surface area contributed by atoms with Crippen molar-refractivity contribution in [1.82, 2.24) is 15.8 Å². The zero-order chi connectivity index (χ0) is 16.7. The van der Waals surface area contributed by atoms with Crippen LogP contribution in [0.15, 0.2) is 33.8 Å². The van der Waals surface area contributed by atoms with Crippen molar-refractivity contribution >= 4 is 41.5 Å². The molecular formula is C17H24ClIN4O. The van der Waals surface area contributed by atoms with Crippen LogP contribution in [-0.4, -0.2) is 31.3 Å². The van der Waals surface area contributed by atoms with Gasteiger partial charge in [0.2, 0.25) is 0 Å². The molecule has 2 aromatic rings. The fraction of sp³-hybridized carbons (Fsp3) is 0.412. The molecule has 1 aromatic carbocycles. The van der Waals surface area contributed by atoms with Crippen LogP contribution < -0.4 is 10.6 Å². The summed E-state index contributed by atoms with van der Waals surface area (Å²) in [5.74, 6) is 1.67. The SMILES string of the molecule is CN=C(NCCc1cccc(Cl)c1)NCCc1c(C)noc1C.I. The highest BCUT2D eigenvalue weighted by Gasteiger charge is 2.08. The lowest BCUT2D eigenvalue weighted by Gasteiger charge is -2.12. The summed E-state index contributed by atoms with van der Waals surface area (Å²) in [6, 6.07) is 7.90. The molecule has 0 atom stereocenters. The van der Waals surface area contributed by atoms with Crippen LogP contribution in [0.5, 0.6) is 0 Å². The van der Waals surface area contributed by atoms with Gasteiger partial charge in [0.15, 0.2) is 5.96 Å². The molecule has 0 amide bonds. The van der Waals surface area contributed by atoms with Gasteiger partial charge in [-0.3, -0.25) is 4.99 Å². The Morgan fingerprint density at radius 2 is 1.92 bits per heavy atom. The number of hydrogen-bond acceptors (Lipinski definition) is 3. The summed E-state index contributed by atoms with van der Waals surface area (Å²) in [4.78, 5) is 4.23. The fourth-order valence-corrected chi connectivity index (χ4v) is 2.62. The molecule has 1 heterocycles. The highest BCUT2D eigenvalue weighted by atomic mass is 127. The lowest BCUT2D eigenvalue weighted by molar-refractivity contribution is 0.392. The van der Waals surface area contributed by atoms with E-state index in [1.54, 1.807) is 7.05 Å². The third-order valence-corrected chi connectivity index (χ3v) is 3.90. The first kappa shape index (κ1) is 20.8. The molecule has 1 aromatic heterocycles. The van der Waals surface area contributed by atoms with Gasteiger partial charge in [0.05, 0.1) is 5.69 Å². The van der Waals surface area contributed by atoms with Gasteiger partial charge < -0.3 is 15.2 Å². The van der Waals surface area contributed by atoms with Gasteiger partial charge in [0, 0.05) is 30.7 Å². The van der Waals surface area contributed by atoms with E-state index in [-0.39, 0.29) is 24.0 Å². The van der Waals surface area contributed by atoms with Crippen molar-refractivity contribution in [3.8, 4) is 0 Å². The van der Waals surface area contributed by atoms with Gasteiger partial charge >= 0.3 is 0 Å². The van der Waals surface area contributed by atoms with Crippen molar-refractivity contribution in [1.29, 1.82) is 0 Å². The fourth-order valence-electron chi connectivity index (χ4n) is 2.40. The average molecular weight is 463 g/mol. The first-order valence-corrected chi connectivity index (χ1v) is 8.08. The number of nitrogens with zero attached hydrogens (tertiary/aromatic N) is 2. The molecule has 0 aliphatic rings. The van der Waals surface area contributed by atoms with E-state index in [1.165, 1.54) is 5.56 Å². The first-order chi connectivity index (χ1) is 11.1. The second-order valence-corrected chi connectivity index (χ2v) is 5.79. The summed E-state index contributed by atoms with van der Waals surface area (Å²) in [5.41, 5.74) is 3.32. The Balaban J connectivity index is 0.00000288. The normalized spacial score (nSPS) is 11.1. The van der Waals surface area contributed by atoms with E-state index in [9.17, 15) is 0 Å². The molecule has 0 radical (unpaired) electrons. The van der Waals surface area contributed by atoms with E-state index in [4.69, 9.17) is 16.1 Å². The minimum absolute atomic E-state index is 0. The first-order valence-electron chi connectivity index (χ1n) is 7.71. The number of nitrogens with one attached hydrogen (secondary N) is 2. The van der Waals surface area contributed by atoms with Crippen LogP contribution in [0.2, 0.25) is 5.02 Å². The molecule has 0 unspecified atom stereocenters. The van der Waals surface area contributed by atoms with Gasteiger partial charge in [-0.1, -0.05) is 28.9 Å². The summed E-state index contributed by atoms with van der Waals surface area (Å²) in [6.07, 6.45) is 1.75. The lowest BCUT2D eigenvalue weighted by atomic mass is 10.1. The van der Waals surface area contributed by atoms with Gasteiger partial charge in [-0.05, 0) is 44.4 Å². The molecular weight excluding hydrogens is 439 g/mol. The molecule has 0 spiro atoms. The summed E-state index contributed by atoms with van der Waals surface area (Å²) in [6.45, 7) is 5.47. The molecule has 132 valence electrons. The summed E-state index contributed by atoms with van der Waals surface area (Å²) in [7, 11) is 1.77. The Hall–Kier alpha value is -1.28. The smallest absolute Gasteiger partial charge is 0.190 e. The summed E-state index contributed by atoms with van der Waals surface area (Å²) in [5, 5.41) is 11.3.